The topological polar surface area (TPSA) is 57.7 Å². The molecule has 138 valence electrons. The molecule has 0 unspecified atom stereocenters. The van der Waals surface area contributed by atoms with Crippen LogP contribution in [0.5, 0.6) is 0 Å². The average molecular weight is 372 g/mol. The van der Waals surface area contributed by atoms with E-state index in [2.05, 4.69) is 0 Å². The summed E-state index contributed by atoms with van der Waals surface area (Å²) in [5.41, 5.74) is 3.94. The highest BCUT2D eigenvalue weighted by Crippen LogP contribution is 2.30. The van der Waals surface area contributed by atoms with Crippen molar-refractivity contribution in [3.05, 3.63) is 58.7 Å². The molecule has 26 heavy (non-hydrogen) atoms. The fourth-order valence-corrected chi connectivity index (χ4v) is 4.53. The van der Waals surface area contributed by atoms with Crippen LogP contribution in [0.1, 0.15) is 33.5 Å². The van der Waals surface area contributed by atoms with E-state index in [0.29, 0.717) is 17.7 Å². The summed E-state index contributed by atoms with van der Waals surface area (Å²) in [7, 11) is -0.616. The van der Waals surface area contributed by atoms with Crippen LogP contribution in [-0.4, -0.2) is 39.3 Å². The van der Waals surface area contributed by atoms with Crippen molar-refractivity contribution in [3.8, 4) is 0 Å². The Morgan fingerprint density at radius 1 is 1.12 bits per heavy atom. The van der Waals surface area contributed by atoms with E-state index in [1.54, 1.807) is 17.9 Å². The van der Waals surface area contributed by atoms with E-state index >= 15 is 0 Å². The second kappa shape index (κ2) is 6.85. The van der Waals surface area contributed by atoms with Crippen molar-refractivity contribution < 1.29 is 13.2 Å². The molecule has 2 aromatic carbocycles. The van der Waals surface area contributed by atoms with E-state index in [4.69, 9.17) is 0 Å². The average Bonchev–Trinajstić information content (AvgIpc) is 2.62. The third kappa shape index (κ3) is 3.15. The zero-order valence-electron chi connectivity index (χ0n) is 15.6. The summed E-state index contributed by atoms with van der Waals surface area (Å²) >= 11 is 0. The number of nitrogens with zero attached hydrogens (tertiary/aromatic N) is 2. The van der Waals surface area contributed by atoms with Crippen molar-refractivity contribution in [2.24, 2.45) is 0 Å². The monoisotopic (exact) mass is 372 g/mol. The Morgan fingerprint density at radius 2 is 1.81 bits per heavy atom. The Hall–Kier alpha value is -2.18. The van der Waals surface area contributed by atoms with Crippen LogP contribution in [0, 0.1) is 13.8 Å². The fraction of sp³-hybridized carbons (Fsp3) is 0.350. The number of anilines is 1. The summed E-state index contributed by atoms with van der Waals surface area (Å²) in [6.45, 7) is 4.25. The van der Waals surface area contributed by atoms with Crippen LogP contribution in [0.2, 0.25) is 0 Å². The lowest BCUT2D eigenvalue weighted by Gasteiger charge is -2.30. The Labute approximate surface area is 155 Å². The smallest absolute Gasteiger partial charge is 0.258 e. The zero-order chi connectivity index (χ0) is 19.1. The largest absolute Gasteiger partial charge is 0.308 e. The van der Waals surface area contributed by atoms with Crippen LogP contribution >= 0.6 is 0 Å². The molecule has 0 spiro atoms. The van der Waals surface area contributed by atoms with E-state index < -0.39 is 10.0 Å². The van der Waals surface area contributed by atoms with Crippen LogP contribution in [0.4, 0.5) is 5.69 Å². The first-order valence-corrected chi connectivity index (χ1v) is 10.1. The molecule has 1 aliphatic rings. The summed E-state index contributed by atoms with van der Waals surface area (Å²) in [4.78, 5) is 15.1. The highest BCUT2D eigenvalue weighted by Gasteiger charge is 2.27. The lowest BCUT2D eigenvalue weighted by atomic mass is 10.00. The molecule has 3 rings (SSSR count). The van der Waals surface area contributed by atoms with Gasteiger partial charge in [0.25, 0.3) is 5.91 Å². The molecule has 5 nitrogen and oxygen atoms in total. The number of sulfonamides is 1. The lowest BCUT2D eigenvalue weighted by Crippen LogP contribution is -2.35. The van der Waals surface area contributed by atoms with E-state index in [-0.39, 0.29) is 10.8 Å². The Bertz CT molecular complexity index is 965. The van der Waals surface area contributed by atoms with Crippen LogP contribution in [0.15, 0.2) is 41.3 Å². The molecule has 0 fully saturated rings. The minimum Gasteiger partial charge on any atom is -0.308 e. The van der Waals surface area contributed by atoms with Gasteiger partial charge in [-0.25, -0.2) is 12.7 Å². The molecule has 1 amide bonds. The number of carbonyl (C=O) groups excluding carboxylic acids is 1. The number of hydrogen-bond acceptors (Lipinski definition) is 3. The van der Waals surface area contributed by atoms with Crippen LogP contribution < -0.4 is 4.90 Å². The number of hydrogen-bond donors (Lipinski definition) is 0. The molecule has 1 heterocycles. The standard InChI is InChI=1S/C20H24N2O3S/c1-14-12-17(13-19(15(14)2)26(24,25)21(3)4)20(23)22-11-7-9-16-8-5-6-10-18(16)22/h5-6,8,10,12-13H,7,9,11H2,1-4H3. The summed E-state index contributed by atoms with van der Waals surface area (Å²) < 4.78 is 26.5. The molecule has 1 aliphatic heterocycles. The number of rotatable bonds is 3. The number of benzene rings is 2. The van der Waals surface area contributed by atoms with Crippen LogP contribution in [-0.2, 0) is 16.4 Å². The normalized spacial score (nSPS) is 14.4. The predicted octanol–water partition coefficient (Wildman–Crippen LogP) is 3.15. The number of para-hydroxylation sites is 1. The van der Waals surface area contributed by atoms with Crippen LogP contribution in [0.25, 0.3) is 0 Å². The Kier molecular flexibility index (Phi) is 4.90. The van der Waals surface area contributed by atoms with Crippen molar-refractivity contribution in [3.63, 3.8) is 0 Å². The van der Waals surface area contributed by atoms with Gasteiger partial charge in [0.1, 0.15) is 0 Å². The minimum absolute atomic E-state index is 0.157. The first kappa shape index (κ1) is 18.6. The van der Waals surface area contributed by atoms with Crippen molar-refractivity contribution in [1.29, 1.82) is 0 Å². The lowest BCUT2D eigenvalue weighted by molar-refractivity contribution is 0.0985. The quantitative estimate of drug-likeness (QED) is 0.832. The first-order chi connectivity index (χ1) is 12.2. The molecular formula is C20H24N2O3S. The highest BCUT2D eigenvalue weighted by molar-refractivity contribution is 7.89. The summed E-state index contributed by atoms with van der Waals surface area (Å²) in [6, 6.07) is 11.2. The molecule has 6 heteroatoms. The first-order valence-electron chi connectivity index (χ1n) is 8.67. The van der Waals surface area contributed by atoms with Crippen LogP contribution in [0.3, 0.4) is 0 Å². The third-order valence-corrected chi connectivity index (χ3v) is 6.92. The van der Waals surface area contributed by atoms with E-state index in [9.17, 15) is 13.2 Å². The number of carbonyl (C=O) groups is 1. The van der Waals surface area contributed by atoms with Gasteiger partial charge < -0.3 is 4.90 Å². The van der Waals surface area contributed by atoms with Gasteiger partial charge in [0.15, 0.2) is 0 Å². The van der Waals surface area contributed by atoms with E-state index in [0.717, 1.165) is 29.7 Å². The van der Waals surface area contributed by atoms with Gasteiger partial charge in [-0.05, 0) is 61.6 Å². The molecule has 0 N–H and O–H groups in total. The molecule has 0 saturated carbocycles. The van der Waals surface area contributed by atoms with Gasteiger partial charge in [0.05, 0.1) is 4.90 Å². The summed E-state index contributed by atoms with van der Waals surface area (Å²) in [6.07, 6.45) is 1.85. The number of aryl methyl sites for hydroxylation is 2. The molecule has 0 radical (unpaired) electrons. The van der Waals surface area contributed by atoms with E-state index in [1.807, 2.05) is 31.2 Å². The Morgan fingerprint density at radius 3 is 2.50 bits per heavy atom. The number of fused-ring (bicyclic) bond motifs is 1. The maximum absolute atomic E-state index is 13.2. The molecule has 0 aromatic heterocycles. The second-order valence-corrected chi connectivity index (χ2v) is 9.01. The number of amides is 1. The maximum atomic E-state index is 13.2. The highest BCUT2D eigenvalue weighted by atomic mass is 32.2. The van der Waals surface area contributed by atoms with Gasteiger partial charge in [-0.2, -0.15) is 0 Å². The van der Waals surface area contributed by atoms with Gasteiger partial charge in [0, 0.05) is 31.9 Å². The molecule has 0 saturated heterocycles. The fourth-order valence-electron chi connectivity index (χ4n) is 3.32. The third-order valence-electron chi connectivity index (χ3n) is 4.98. The SMILES string of the molecule is Cc1cc(C(=O)N2CCCc3ccccc32)cc(S(=O)(=O)N(C)C)c1C. The van der Waals surface area contributed by atoms with Gasteiger partial charge in [-0.3, -0.25) is 4.79 Å². The minimum atomic E-state index is -3.61. The second-order valence-electron chi connectivity index (χ2n) is 6.89. The predicted molar refractivity (Wildman–Crippen MR) is 103 cm³/mol. The van der Waals surface area contributed by atoms with Crippen molar-refractivity contribution in [2.45, 2.75) is 31.6 Å². The van der Waals surface area contributed by atoms with Gasteiger partial charge in [-0.1, -0.05) is 18.2 Å². The van der Waals surface area contributed by atoms with E-state index in [1.165, 1.54) is 24.5 Å². The van der Waals surface area contributed by atoms with Gasteiger partial charge in [0.2, 0.25) is 10.0 Å². The van der Waals surface area contributed by atoms with Gasteiger partial charge in [-0.15, -0.1) is 0 Å². The molecule has 2 aromatic rings. The Balaban J connectivity index is 2.09. The molecule has 0 atom stereocenters. The molecule has 0 aliphatic carbocycles. The molecular weight excluding hydrogens is 348 g/mol. The zero-order valence-corrected chi connectivity index (χ0v) is 16.4. The van der Waals surface area contributed by atoms with Crippen molar-refractivity contribution in [2.75, 3.05) is 25.5 Å². The summed E-state index contributed by atoms with van der Waals surface area (Å²) in [5, 5.41) is 0. The van der Waals surface area contributed by atoms with Crippen molar-refractivity contribution >= 4 is 21.6 Å². The van der Waals surface area contributed by atoms with Gasteiger partial charge >= 0.3 is 0 Å². The summed E-state index contributed by atoms with van der Waals surface area (Å²) in [5.74, 6) is -0.157. The van der Waals surface area contributed by atoms with Crippen molar-refractivity contribution in [1.82, 2.24) is 4.31 Å². The maximum Gasteiger partial charge on any atom is 0.258 e. The molecule has 0 bridgehead atoms.